The predicted octanol–water partition coefficient (Wildman–Crippen LogP) is 1.38. The number of benzene rings is 2. The molecule has 0 atom stereocenters. The predicted molar refractivity (Wildman–Crippen MR) is 98.2 cm³/mol. The first-order chi connectivity index (χ1) is 12.7. The number of nitrogens with zero attached hydrogens (tertiary/aromatic N) is 3. The summed E-state index contributed by atoms with van der Waals surface area (Å²) in [4.78, 5) is 24.2. The third kappa shape index (κ3) is 4.27. The quantitative estimate of drug-likeness (QED) is 0.483. The van der Waals surface area contributed by atoms with Crippen molar-refractivity contribution >= 4 is 32.5 Å². The zero-order valence-corrected chi connectivity index (χ0v) is 14.9. The summed E-state index contributed by atoms with van der Waals surface area (Å²) >= 11 is 0. The second-order valence-corrected chi connectivity index (χ2v) is 7.57. The van der Waals surface area contributed by atoms with Crippen LogP contribution in [0.15, 0.2) is 48.5 Å². The van der Waals surface area contributed by atoms with Gasteiger partial charge in [0.2, 0.25) is 10.0 Å². The fourth-order valence-corrected chi connectivity index (χ4v) is 2.88. The number of para-hydroxylation sites is 1. The minimum atomic E-state index is -3.30. The number of nitro groups is 1. The van der Waals surface area contributed by atoms with Gasteiger partial charge in [0.05, 0.1) is 21.8 Å². The number of aromatic nitrogens is 2. The lowest BCUT2D eigenvalue weighted by atomic mass is 10.2. The molecule has 0 aliphatic heterocycles. The number of anilines is 1. The molecule has 0 spiro atoms. The zero-order valence-electron chi connectivity index (χ0n) is 14.1. The molecule has 1 aromatic heterocycles. The molecule has 0 fully saturated rings. The molecule has 11 heteroatoms. The van der Waals surface area contributed by atoms with Crippen molar-refractivity contribution in [2.75, 3.05) is 11.6 Å². The topological polar surface area (TPSA) is 136 Å². The van der Waals surface area contributed by atoms with Crippen molar-refractivity contribution in [3.05, 3.63) is 69.9 Å². The Bertz CT molecular complexity index is 1120. The maximum atomic E-state index is 12.5. The number of fused-ring (bicyclic) bond motifs is 1. The van der Waals surface area contributed by atoms with Gasteiger partial charge >= 0.3 is 5.91 Å². The van der Waals surface area contributed by atoms with Crippen molar-refractivity contribution in [3.8, 4) is 0 Å². The van der Waals surface area contributed by atoms with E-state index in [2.05, 4.69) is 15.1 Å². The number of rotatable bonds is 6. The van der Waals surface area contributed by atoms with Crippen molar-refractivity contribution in [1.29, 1.82) is 0 Å². The Morgan fingerprint density at radius 3 is 2.48 bits per heavy atom. The van der Waals surface area contributed by atoms with Gasteiger partial charge in [-0.1, -0.05) is 24.3 Å². The van der Waals surface area contributed by atoms with Crippen molar-refractivity contribution in [1.82, 2.24) is 14.6 Å². The molecule has 1 heterocycles. The van der Waals surface area contributed by atoms with Crippen LogP contribution < -0.4 is 10.0 Å². The van der Waals surface area contributed by atoms with Crippen molar-refractivity contribution in [3.63, 3.8) is 0 Å². The molecular formula is C16H15N5O5S. The first-order valence-electron chi connectivity index (χ1n) is 7.72. The Morgan fingerprint density at radius 2 is 1.85 bits per heavy atom. The summed E-state index contributed by atoms with van der Waals surface area (Å²) in [5.41, 5.74) is 1.31. The van der Waals surface area contributed by atoms with E-state index in [0.717, 1.165) is 6.26 Å². The van der Waals surface area contributed by atoms with Crippen LogP contribution in [0.25, 0.3) is 10.9 Å². The molecule has 2 N–H and O–H groups in total. The van der Waals surface area contributed by atoms with Crippen molar-refractivity contribution in [2.24, 2.45) is 0 Å². The molecule has 0 aliphatic carbocycles. The van der Waals surface area contributed by atoms with E-state index in [0.29, 0.717) is 21.4 Å². The summed E-state index contributed by atoms with van der Waals surface area (Å²) in [5.74, 6) is -0.589. The van der Waals surface area contributed by atoms with Gasteiger partial charge in [-0.15, -0.1) is 0 Å². The number of carbonyl (C=O) groups is 1. The SMILES string of the molecule is CS(=O)(=O)NCc1ccc(NC(=O)c2nn([N+](=O)[O-])c3ccccc23)cc1. The molecule has 1 amide bonds. The third-order valence-corrected chi connectivity index (χ3v) is 4.36. The molecule has 0 saturated carbocycles. The highest BCUT2D eigenvalue weighted by atomic mass is 32.2. The van der Waals surface area contributed by atoms with Crippen LogP contribution in [0.3, 0.4) is 0 Å². The van der Waals surface area contributed by atoms with E-state index in [1.807, 2.05) is 0 Å². The smallest absolute Gasteiger partial charge is 0.303 e. The lowest BCUT2D eigenvalue weighted by Crippen LogP contribution is -2.21. The summed E-state index contributed by atoms with van der Waals surface area (Å²) in [5, 5.41) is 17.2. The minimum absolute atomic E-state index is 0.0647. The van der Waals surface area contributed by atoms with Gasteiger partial charge < -0.3 is 15.4 Å². The molecular weight excluding hydrogens is 374 g/mol. The average Bonchev–Trinajstić information content (AvgIpc) is 3.00. The molecule has 0 bridgehead atoms. The van der Waals surface area contributed by atoms with Gasteiger partial charge in [-0.25, -0.2) is 13.1 Å². The third-order valence-electron chi connectivity index (χ3n) is 3.69. The van der Waals surface area contributed by atoms with Crippen LogP contribution in [0.5, 0.6) is 0 Å². The summed E-state index contributed by atoms with van der Waals surface area (Å²) in [7, 11) is -3.30. The molecule has 140 valence electrons. The number of hydrogen-bond acceptors (Lipinski definition) is 6. The second-order valence-electron chi connectivity index (χ2n) is 5.74. The van der Waals surface area contributed by atoms with E-state index in [4.69, 9.17) is 0 Å². The Morgan fingerprint density at radius 1 is 1.19 bits per heavy atom. The fraction of sp³-hybridized carbons (Fsp3) is 0.125. The van der Waals surface area contributed by atoms with E-state index in [9.17, 15) is 23.3 Å². The highest BCUT2D eigenvalue weighted by Crippen LogP contribution is 2.20. The van der Waals surface area contributed by atoms with Gasteiger partial charge in [0.15, 0.2) is 0 Å². The average molecular weight is 389 g/mol. The summed E-state index contributed by atoms with van der Waals surface area (Å²) in [6.45, 7) is 0.130. The molecule has 10 nitrogen and oxygen atoms in total. The number of nitrogens with one attached hydrogen (secondary N) is 2. The Balaban J connectivity index is 1.80. The molecule has 0 saturated heterocycles. The molecule has 0 aliphatic rings. The highest BCUT2D eigenvalue weighted by molar-refractivity contribution is 7.88. The van der Waals surface area contributed by atoms with Crippen LogP contribution in [0, 0.1) is 10.1 Å². The van der Waals surface area contributed by atoms with Crippen LogP contribution in [-0.4, -0.2) is 35.5 Å². The van der Waals surface area contributed by atoms with E-state index in [1.54, 1.807) is 42.5 Å². The maximum Gasteiger partial charge on any atom is 0.303 e. The van der Waals surface area contributed by atoms with Crippen LogP contribution in [-0.2, 0) is 16.6 Å². The Kier molecular flexibility index (Phi) is 4.88. The molecule has 3 aromatic rings. The van der Waals surface area contributed by atoms with E-state index in [1.165, 1.54) is 6.07 Å². The van der Waals surface area contributed by atoms with E-state index < -0.39 is 21.0 Å². The fourth-order valence-electron chi connectivity index (χ4n) is 2.45. The monoisotopic (exact) mass is 389 g/mol. The minimum Gasteiger partial charge on any atom is -0.339 e. The molecule has 27 heavy (non-hydrogen) atoms. The first kappa shape index (κ1) is 18.5. The Labute approximate surface area is 154 Å². The van der Waals surface area contributed by atoms with E-state index in [-0.39, 0.29) is 17.8 Å². The largest absolute Gasteiger partial charge is 0.339 e. The number of amides is 1. The van der Waals surface area contributed by atoms with Gasteiger partial charge in [0.25, 0.3) is 5.69 Å². The lowest BCUT2D eigenvalue weighted by molar-refractivity contribution is -0.548. The number of hydrogen-bond donors (Lipinski definition) is 2. The highest BCUT2D eigenvalue weighted by Gasteiger charge is 2.25. The van der Waals surface area contributed by atoms with E-state index >= 15 is 0 Å². The van der Waals surface area contributed by atoms with Crippen LogP contribution in [0.1, 0.15) is 16.1 Å². The van der Waals surface area contributed by atoms with Crippen LogP contribution in [0.2, 0.25) is 0 Å². The van der Waals surface area contributed by atoms with Gasteiger partial charge in [-0.2, -0.15) is 0 Å². The summed E-state index contributed by atoms with van der Waals surface area (Å²) in [6, 6.07) is 12.9. The molecule has 0 radical (unpaired) electrons. The molecule has 3 rings (SSSR count). The van der Waals surface area contributed by atoms with Gasteiger partial charge in [-0.05, 0) is 29.8 Å². The number of sulfonamides is 1. The zero-order chi connectivity index (χ0) is 19.6. The van der Waals surface area contributed by atoms with Gasteiger partial charge in [-0.3, -0.25) is 4.79 Å². The molecule has 2 aromatic carbocycles. The number of carbonyl (C=O) groups excluding carboxylic acids is 1. The Hall–Kier alpha value is -3.31. The lowest BCUT2D eigenvalue weighted by Gasteiger charge is -2.05. The van der Waals surface area contributed by atoms with Gasteiger partial charge in [0.1, 0.15) is 5.52 Å². The molecule has 0 unspecified atom stereocenters. The second kappa shape index (κ2) is 7.13. The van der Waals surface area contributed by atoms with Crippen LogP contribution in [0.4, 0.5) is 5.69 Å². The summed E-state index contributed by atoms with van der Waals surface area (Å²) < 4.78 is 24.6. The van der Waals surface area contributed by atoms with Gasteiger partial charge in [0, 0.05) is 17.0 Å². The standard InChI is InChI=1S/C16H15N5O5S/c1-27(25,26)17-10-11-6-8-12(9-7-11)18-16(22)15-13-4-2-3-5-14(13)20(19-15)21(23)24/h2-9,17H,10H2,1H3,(H,18,22). The van der Waals surface area contributed by atoms with Crippen LogP contribution >= 0.6 is 0 Å². The first-order valence-corrected chi connectivity index (χ1v) is 9.61. The summed E-state index contributed by atoms with van der Waals surface area (Å²) in [6.07, 6.45) is 1.07. The van der Waals surface area contributed by atoms with Crippen molar-refractivity contribution in [2.45, 2.75) is 6.54 Å². The normalized spacial score (nSPS) is 11.4. The van der Waals surface area contributed by atoms with Crippen molar-refractivity contribution < 1.29 is 18.2 Å². The maximum absolute atomic E-state index is 12.5.